The van der Waals surface area contributed by atoms with Gasteiger partial charge in [0.2, 0.25) is 16.7 Å². The molecule has 0 spiro atoms. The maximum atomic E-state index is 13.7. The van der Waals surface area contributed by atoms with Crippen molar-refractivity contribution in [2.45, 2.75) is 43.0 Å². The van der Waals surface area contributed by atoms with Crippen LogP contribution in [0.15, 0.2) is 41.6 Å². The predicted octanol–water partition coefficient (Wildman–Crippen LogP) is 2.62. The highest BCUT2D eigenvalue weighted by Gasteiger charge is 2.35. The number of hydroxylamine groups is 2. The van der Waals surface area contributed by atoms with Crippen LogP contribution in [0.4, 0.5) is 9.18 Å². The topological polar surface area (TPSA) is 154 Å². The summed E-state index contributed by atoms with van der Waals surface area (Å²) in [6.45, 7) is 5.36. The van der Waals surface area contributed by atoms with Crippen molar-refractivity contribution >= 4 is 44.7 Å². The van der Waals surface area contributed by atoms with Gasteiger partial charge in [-0.05, 0) is 71.6 Å². The zero-order valence-electron chi connectivity index (χ0n) is 19.1. The molecular weight excluding hydrogens is 587 g/mol. The molecule has 2 aromatic heterocycles. The van der Waals surface area contributed by atoms with Crippen LogP contribution in [0.1, 0.15) is 27.2 Å². The van der Waals surface area contributed by atoms with E-state index in [4.69, 9.17) is 14.0 Å². The van der Waals surface area contributed by atoms with E-state index in [1.807, 2.05) is 0 Å². The van der Waals surface area contributed by atoms with E-state index in [0.717, 1.165) is 4.57 Å². The normalized spacial score (nSPS) is 16.6. The minimum Gasteiger partial charge on any atom is -0.350 e. The van der Waals surface area contributed by atoms with Gasteiger partial charge in [0.1, 0.15) is 5.82 Å². The van der Waals surface area contributed by atoms with E-state index >= 15 is 0 Å². The number of amides is 1. The van der Waals surface area contributed by atoms with Crippen LogP contribution in [0.3, 0.4) is 0 Å². The first-order chi connectivity index (χ1) is 17.0. The highest BCUT2D eigenvalue weighted by Crippen LogP contribution is 2.35. The molecule has 4 rings (SSSR count). The lowest BCUT2D eigenvalue weighted by atomic mass is 10.1. The van der Waals surface area contributed by atoms with Crippen molar-refractivity contribution in [3.63, 3.8) is 0 Å². The van der Waals surface area contributed by atoms with Crippen LogP contribution < -0.4 is 5.76 Å². The molecule has 1 atom stereocenters. The van der Waals surface area contributed by atoms with Gasteiger partial charge in [0, 0.05) is 18.3 Å². The first kappa shape index (κ1) is 26.3. The molecule has 1 aromatic carbocycles. The van der Waals surface area contributed by atoms with E-state index in [9.17, 15) is 22.4 Å². The van der Waals surface area contributed by atoms with Crippen LogP contribution in [0.5, 0.6) is 0 Å². The molecule has 0 radical (unpaired) electrons. The van der Waals surface area contributed by atoms with E-state index in [1.54, 1.807) is 20.8 Å². The van der Waals surface area contributed by atoms with Crippen LogP contribution in [0, 0.1) is 5.82 Å². The zero-order chi connectivity index (χ0) is 26.2. The van der Waals surface area contributed by atoms with Crippen LogP contribution in [0.25, 0.3) is 17.2 Å². The van der Waals surface area contributed by atoms with Gasteiger partial charge in [-0.2, -0.15) is 4.31 Å². The minimum absolute atomic E-state index is 0.00334. The quantitative estimate of drug-likeness (QED) is 0.410. The Morgan fingerprint density at radius 2 is 2.06 bits per heavy atom. The number of hydrogen-bond acceptors (Lipinski definition) is 12. The lowest BCUT2D eigenvalue weighted by Crippen LogP contribution is -2.46. The fraction of sp³-hybridized carbons (Fsp3) is 0.421. The summed E-state index contributed by atoms with van der Waals surface area (Å²) in [5.74, 6) is -1.33. The maximum Gasteiger partial charge on any atom is 0.446 e. The van der Waals surface area contributed by atoms with Crippen molar-refractivity contribution in [3.8, 4) is 17.2 Å². The fourth-order valence-corrected chi connectivity index (χ4v) is 5.54. The molecule has 1 saturated heterocycles. The monoisotopic (exact) mass is 606 g/mol. The Bertz CT molecular complexity index is 1410. The molecule has 0 N–H and O–H groups in total. The molecule has 1 aliphatic heterocycles. The molecule has 1 aliphatic rings. The number of carbonyl (C=O) groups excluding carboxylic acids is 1. The molecule has 194 valence electrons. The fourth-order valence-electron chi connectivity index (χ4n) is 3.41. The summed E-state index contributed by atoms with van der Waals surface area (Å²) >= 11 is 4.33. The van der Waals surface area contributed by atoms with Gasteiger partial charge in [-0.1, -0.05) is 16.9 Å². The Morgan fingerprint density at radius 1 is 1.31 bits per heavy atom. The van der Waals surface area contributed by atoms with Crippen molar-refractivity contribution in [1.29, 1.82) is 0 Å². The number of nitrogens with zero attached hydrogens (tertiary/aromatic N) is 6. The molecule has 1 fully saturated rings. The first-order valence-corrected chi connectivity index (χ1v) is 13.2. The second-order valence-electron chi connectivity index (χ2n) is 8.62. The Labute approximate surface area is 217 Å². The molecule has 17 heteroatoms. The highest BCUT2D eigenvalue weighted by atomic mass is 79.9. The number of thiol groups is 1. The molecule has 13 nitrogen and oxygen atoms in total. The van der Waals surface area contributed by atoms with Crippen LogP contribution in [0.2, 0.25) is 0 Å². The maximum absolute atomic E-state index is 13.7. The number of carbonyl (C=O) groups is 1. The smallest absolute Gasteiger partial charge is 0.350 e. The SMILES string of the molecule is CC(C)(C)N(C(=O)ON1CC[C@H](Sc2nonc2-c2noc(=O)n2-c2ccc(F)c(Br)c2)C1)[SH](=O)=O. The number of thioether (sulfide) groups is 1. The molecule has 36 heavy (non-hydrogen) atoms. The number of rotatable bonds is 6. The average Bonchev–Trinajstić information content (AvgIpc) is 3.49. The van der Waals surface area contributed by atoms with E-state index in [2.05, 4.69) is 31.4 Å². The molecule has 0 bridgehead atoms. The molecule has 0 unspecified atom stereocenters. The van der Waals surface area contributed by atoms with Crippen LogP contribution in [-0.2, 0) is 15.7 Å². The number of halogens is 2. The minimum atomic E-state index is -3.18. The van der Waals surface area contributed by atoms with Gasteiger partial charge in [0.25, 0.3) is 0 Å². The number of benzene rings is 1. The summed E-state index contributed by atoms with van der Waals surface area (Å²) in [6, 6.07) is 3.94. The number of aromatic nitrogens is 4. The number of hydrogen-bond donors (Lipinski definition) is 1. The van der Waals surface area contributed by atoms with Crippen molar-refractivity contribution in [3.05, 3.63) is 39.0 Å². The summed E-state index contributed by atoms with van der Waals surface area (Å²) in [6.07, 6.45) is -0.426. The Balaban J connectivity index is 1.50. The first-order valence-electron chi connectivity index (χ1n) is 10.4. The standard InChI is InChI=1S/C19H20BrFN6O7S2/c1-19(2,3)27(36(30)31)18(29)33-25-7-6-11(9-25)35-16-14(22-34-24-16)15-23-32-17(28)26(15)10-4-5-13(21)12(20)8-10/h4-5,8,11,36H,6-7,9H2,1-3H3/t11-/m0/s1. The van der Waals surface area contributed by atoms with Gasteiger partial charge < -0.3 is 4.84 Å². The van der Waals surface area contributed by atoms with Crippen LogP contribution >= 0.6 is 27.7 Å². The summed E-state index contributed by atoms with van der Waals surface area (Å²) in [5, 5.41) is 13.1. The molecule has 3 heterocycles. The second kappa shape index (κ2) is 10.3. The molecular formula is C19H20BrFN6O7S2. The van der Waals surface area contributed by atoms with Gasteiger partial charge in [-0.3, -0.25) is 4.52 Å². The van der Waals surface area contributed by atoms with Gasteiger partial charge in [-0.15, -0.1) is 5.06 Å². The summed E-state index contributed by atoms with van der Waals surface area (Å²) < 4.78 is 48.3. The molecule has 0 aliphatic carbocycles. The van der Waals surface area contributed by atoms with E-state index in [1.165, 1.54) is 35.0 Å². The van der Waals surface area contributed by atoms with E-state index in [0.29, 0.717) is 22.3 Å². The molecule has 0 saturated carbocycles. The van der Waals surface area contributed by atoms with Gasteiger partial charge in [0.05, 0.1) is 15.7 Å². The largest absolute Gasteiger partial charge is 0.446 e. The third-order valence-corrected chi connectivity index (χ3v) is 7.91. The zero-order valence-corrected chi connectivity index (χ0v) is 22.4. The third-order valence-electron chi connectivity index (χ3n) is 5.00. The Hall–Kier alpha value is -2.76. The summed E-state index contributed by atoms with van der Waals surface area (Å²) in [4.78, 5) is 30.1. The van der Waals surface area contributed by atoms with Gasteiger partial charge >= 0.3 is 11.8 Å². The lowest BCUT2D eigenvalue weighted by Gasteiger charge is -2.30. The highest BCUT2D eigenvalue weighted by molar-refractivity contribution is 9.10. The third kappa shape index (κ3) is 5.47. The summed E-state index contributed by atoms with van der Waals surface area (Å²) in [5.41, 5.74) is -0.568. The van der Waals surface area contributed by atoms with E-state index < -0.39 is 34.1 Å². The second-order valence-corrected chi connectivity index (χ2v) is 11.6. The van der Waals surface area contributed by atoms with Gasteiger partial charge in [-0.25, -0.2) is 31.6 Å². The molecule has 3 aromatic rings. The van der Waals surface area contributed by atoms with E-state index in [-0.39, 0.29) is 33.5 Å². The molecule has 1 amide bonds. The Kier molecular flexibility index (Phi) is 7.53. The Morgan fingerprint density at radius 3 is 2.72 bits per heavy atom. The van der Waals surface area contributed by atoms with Crippen molar-refractivity contribution < 1.29 is 31.6 Å². The van der Waals surface area contributed by atoms with Crippen molar-refractivity contribution in [2.24, 2.45) is 0 Å². The summed E-state index contributed by atoms with van der Waals surface area (Å²) in [7, 11) is -3.18. The average molecular weight is 607 g/mol. The lowest BCUT2D eigenvalue weighted by molar-refractivity contribution is -0.0917. The predicted molar refractivity (Wildman–Crippen MR) is 127 cm³/mol. The van der Waals surface area contributed by atoms with Crippen molar-refractivity contribution in [1.82, 2.24) is 29.4 Å². The van der Waals surface area contributed by atoms with Crippen molar-refractivity contribution in [2.75, 3.05) is 13.1 Å². The van der Waals surface area contributed by atoms with Gasteiger partial charge in [0.15, 0.2) is 10.7 Å². The van der Waals surface area contributed by atoms with Crippen LogP contribution in [-0.4, -0.2) is 67.8 Å².